The molecule has 226 valence electrons. The average Bonchev–Trinajstić information content (AvgIpc) is 3.44. The molecule has 1 aromatic heterocycles. The summed E-state index contributed by atoms with van der Waals surface area (Å²) in [4.78, 5) is 28.8. The predicted molar refractivity (Wildman–Crippen MR) is 163 cm³/mol. The number of rotatable bonds is 14. The first kappa shape index (κ1) is 31.7. The van der Waals surface area contributed by atoms with Gasteiger partial charge in [0.1, 0.15) is 5.75 Å². The van der Waals surface area contributed by atoms with Crippen LogP contribution in [-0.2, 0) is 19.5 Å². The van der Waals surface area contributed by atoms with Gasteiger partial charge in [0, 0.05) is 45.0 Å². The molecule has 0 spiro atoms. The van der Waals surface area contributed by atoms with Crippen LogP contribution in [0.25, 0.3) is 10.2 Å². The van der Waals surface area contributed by atoms with Crippen LogP contribution in [0.1, 0.15) is 15.9 Å². The number of non-ortho nitro benzene ring substituents is 1. The van der Waals surface area contributed by atoms with Crippen LogP contribution in [0, 0.1) is 10.1 Å². The van der Waals surface area contributed by atoms with Gasteiger partial charge in [-0.25, -0.2) is 13.4 Å². The number of nitro groups is 1. The Morgan fingerprint density at radius 3 is 2.23 bits per heavy atom. The Kier molecular flexibility index (Phi) is 10.5. The Labute approximate surface area is 252 Å². The van der Waals surface area contributed by atoms with E-state index in [0.717, 1.165) is 9.71 Å². The van der Waals surface area contributed by atoms with Crippen LogP contribution < -0.4 is 9.75 Å². The number of carbonyl (C=O) groups is 1. The number of ether oxygens (including phenoxy) is 3. The van der Waals surface area contributed by atoms with E-state index in [1.54, 1.807) is 25.3 Å². The Bertz CT molecular complexity index is 1700. The fourth-order valence-electron chi connectivity index (χ4n) is 3.88. The molecule has 43 heavy (non-hydrogen) atoms. The molecule has 3 aromatic carbocycles. The summed E-state index contributed by atoms with van der Waals surface area (Å²) in [6, 6.07) is 16.5. The molecule has 4 rings (SSSR count). The zero-order valence-corrected chi connectivity index (χ0v) is 25.2. The van der Waals surface area contributed by atoms with Crippen molar-refractivity contribution < 1.29 is 32.3 Å². The number of sulfonamides is 1. The zero-order chi connectivity index (χ0) is 31.0. The number of hydrogen-bond donors (Lipinski definition) is 0. The van der Waals surface area contributed by atoms with Gasteiger partial charge in [0.25, 0.3) is 11.6 Å². The van der Waals surface area contributed by atoms with Crippen LogP contribution in [0.5, 0.6) is 5.75 Å². The number of methoxy groups -OCH3 is 3. The Hall–Kier alpha value is -4.28. The molecular weight excluding hydrogens is 598 g/mol. The molecule has 0 aliphatic heterocycles. The second-order valence-corrected chi connectivity index (χ2v) is 11.9. The van der Waals surface area contributed by atoms with Crippen molar-refractivity contribution in [3.05, 3.63) is 88.0 Å². The van der Waals surface area contributed by atoms with Crippen LogP contribution in [0.15, 0.2) is 76.7 Å². The highest BCUT2D eigenvalue weighted by Crippen LogP contribution is 2.32. The Morgan fingerprint density at radius 1 is 1.00 bits per heavy atom. The summed E-state index contributed by atoms with van der Waals surface area (Å²) in [5.74, 6) is 0.0561. The summed E-state index contributed by atoms with van der Waals surface area (Å²) in [5.41, 5.74) is 1.22. The SMILES string of the molecule is COCCN(CCOC)S(=O)(=O)c1ccc(C(=O)N(/N=C/c2ccc([N+](=O)[O-])cc2)c2nc3ccc(OC)cc3s2)cc1. The predicted octanol–water partition coefficient (Wildman–Crippen LogP) is 4.18. The Balaban J connectivity index is 1.67. The molecule has 13 nitrogen and oxygen atoms in total. The lowest BCUT2D eigenvalue weighted by Gasteiger charge is -2.21. The summed E-state index contributed by atoms with van der Waals surface area (Å²) < 4.78 is 44.0. The van der Waals surface area contributed by atoms with Crippen LogP contribution in [-0.4, -0.2) is 82.4 Å². The minimum Gasteiger partial charge on any atom is -0.497 e. The number of anilines is 1. The smallest absolute Gasteiger partial charge is 0.280 e. The highest BCUT2D eigenvalue weighted by atomic mass is 32.2. The normalized spacial score (nSPS) is 11.8. The molecule has 0 aliphatic rings. The van der Waals surface area contributed by atoms with Gasteiger partial charge in [0.15, 0.2) is 0 Å². The third-order valence-corrected chi connectivity index (χ3v) is 9.12. The van der Waals surface area contributed by atoms with E-state index in [0.29, 0.717) is 16.8 Å². The second kappa shape index (κ2) is 14.3. The summed E-state index contributed by atoms with van der Waals surface area (Å²) in [6.45, 7) is 0.678. The fourth-order valence-corrected chi connectivity index (χ4v) is 6.24. The molecule has 0 bridgehead atoms. The minimum atomic E-state index is -3.89. The maximum atomic E-state index is 13.8. The molecule has 0 saturated carbocycles. The van der Waals surface area contributed by atoms with Gasteiger partial charge >= 0.3 is 0 Å². The quantitative estimate of drug-likeness (QED) is 0.114. The maximum absolute atomic E-state index is 13.8. The molecule has 15 heteroatoms. The average molecular weight is 628 g/mol. The summed E-state index contributed by atoms with van der Waals surface area (Å²) in [7, 11) is 0.627. The van der Waals surface area contributed by atoms with E-state index in [-0.39, 0.29) is 47.6 Å². The molecule has 0 radical (unpaired) electrons. The lowest BCUT2D eigenvalue weighted by molar-refractivity contribution is -0.384. The highest BCUT2D eigenvalue weighted by molar-refractivity contribution is 7.89. The lowest BCUT2D eigenvalue weighted by atomic mass is 10.2. The van der Waals surface area contributed by atoms with Crippen molar-refractivity contribution in [2.75, 3.05) is 52.6 Å². The number of amides is 1. The van der Waals surface area contributed by atoms with E-state index in [1.807, 2.05) is 0 Å². The van der Waals surface area contributed by atoms with Crippen molar-refractivity contribution in [1.82, 2.24) is 9.29 Å². The number of benzene rings is 3. The van der Waals surface area contributed by atoms with Gasteiger partial charge in [-0.1, -0.05) is 11.3 Å². The van der Waals surface area contributed by atoms with Gasteiger partial charge in [0.05, 0.1) is 46.6 Å². The molecule has 0 unspecified atom stereocenters. The molecule has 0 aliphatic carbocycles. The van der Waals surface area contributed by atoms with Crippen molar-refractivity contribution in [3.8, 4) is 5.75 Å². The van der Waals surface area contributed by atoms with Gasteiger partial charge in [-0.3, -0.25) is 14.9 Å². The largest absolute Gasteiger partial charge is 0.497 e. The van der Waals surface area contributed by atoms with Crippen LogP contribution in [0.2, 0.25) is 0 Å². The molecule has 0 fully saturated rings. The molecule has 0 N–H and O–H groups in total. The van der Waals surface area contributed by atoms with Gasteiger partial charge in [-0.15, -0.1) is 0 Å². The molecular formula is C28H29N5O8S2. The van der Waals surface area contributed by atoms with Crippen molar-refractivity contribution in [3.63, 3.8) is 0 Å². The number of hydrazone groups is 1. The third kappa shape index (κ3) is 7.57. The van der Waals surface area contributed by atoms with Gasteiger partial charge < -0.3 is 14.2 Å². The first-order valence-electron chi connectivity index (χ1n) is 12.8. The topological polar surface area (TPSA) is 154 Å². The number of fused-ring (bicyclic) bond motifs is 1. The highest BCUT2D eigenvalue weighted by Gasteiger charge is 2.26. The number of nitrogens with zero attached hydrogens (tertiary/aromatic N) is 5. The van der Waals surface area contributed by atoms with Crippen molar-refractivity contribution in [1.29, 1.82) is 0 Å². The monoisotopic (exact) mass is 627 g/mol. The Morgan fingerprint density at radius 2 is 1.65 bits per heavy atom. The first-order chi connectivity index (χ1) is 20.7. The number of nitro benzene ring substituents is 1. The molecule has 1 amide bonds. The number of carbonyl (C=O) groups excluding carboxylic acids is 1. The first-order valence-corrected chi connectivity index (χ1v) is 15.1. The van der Waals surface area contributed by atoms with Crippen molar-refractivity contribution in [2.24, 2.45) is 5.10 Å². The van der Waals surface area contributed by atoms with Crippen LogP contribution in [0.4, 0.5) is 10.8 Å². The summed E-state index contributed by atoms with van der Waals surface area (Å²) in [5, 5.41) is 16.7. The van der Waals surface area contributed by atoms with Gasteiger partial charge in [-0.05, 0) is 60.2 Å². The van der Waals surface area contributed by atoms with E-state index in [9.17, 15) is 23.3 Å². The molecule has 0 atom stereocenters. The van der Waals surface area contributed by atoms with E-state index in [2.05, 4.69) is 10.1 Å². The van der Waals surface area contributed by atoms with E-state index in [4.69, 9.17) is 14.2 Å². The van der Waals surface area contributed by atoms with Crippen LogP contribution in [0.3, 0.4) is 0 Å². The third-order valence-electron chi connectivity index (χ3n) is 6.21. The van der Waals surface area contributed by atoms with Crippen molar-refractivity contribution in [2.45, 2.75) is 4.90 Å². The molecule has 4 aromatic rings. The summed E-state index contributed by atoms with van der Waals surface area (Å²) >= 11 is 1.21. The van der Waals surface area contributed by atoms with Crippen molar-refractivity contribution >= 4 is 54.5 Å². The number of aromatic nitrogens is 1. The van der Waals surface area contributed by atoms with E-state index in [1.165, 1.54) is 84.6 Å². The van der Waals surface area contributed by atoms with E-state index < -0.39 is 20.9 Å². The van der Waals surface area contributed by atoms with Gasteiger partial charge in [-0.2, -0.15) is 14.4 Å². The van der Waals surface area contributed by atoms with E-state index >= 15 is 0 Å². The molecule has 0 saturated heterocycles. The summed E-state index contributed by atoms with van der Waals surface area (Å²) in [6.07, 6.45) is 1.39. The number of thiazole rings is 1. The minimum absolute atomic E-state index is 0.00395. The lowest BCUT2D eigenvalue weighted by Crippen LogP contribution is -2.36. The molecule has 1 heterocycles. The fraction of sp³-hybridized carbons (Fsp3) is 0.250. The zero-order valence-electron chi connectivity index (χ0n) is 23.6. The van der Waals surface area contributed by atoms with Gasteiger partial charge in [0.2, 0.25) is 15.2 Å². The maximum Gasteiger partial charge on any atom is 0.280 e. The number of hydrogen-bond acceptors (Lipinski definition) is 11. The standard InChI is InChI=1S/C28H29N5O8S2/c1-39-16-14-31(15-17-40-2)43(37,38)24-11-6-21(7-12-24)27(34)32(29-19-20-4-8-22(9-5-20)33(35)36)28-30-25-13-10-23(41-3)18-26(25)42-28/h4-13,18-19H,14-17H2,1-3H3/b29-19+. The van der Waals surface area contributed by atoms with Crippen LogP contribution >= 0.6 is 11.3 Å². The second-order valence-electron chi connectivity index (χ2n) is 8.95.